The lowest BCUT2D eigenvalue weighted by atomic mass is 10.1. The van der Waals surface area contributed by atoms with Crippen LogP contribution in [0, 0.1) is 20.8 Å². The number of rotatable bonds is 7. The number of carbonyl (C=O) groups excluding carboxylic acids is 1. The van der Waals surface area contributed by atoms with Gasteiger partial charge in [-0.05, 0) is 44.0 Å². The molecule has 0 saturated carbocycles. The first kappa shape index (κ1) is 21.5. The molecule has 0 bridgehead atoms. The highest BCUT2D eigenvalue weighted by Crippen LogP contribution is 2.24. The molecule has 30 heavy (non-hydrogen) atoms. The number of hydrogen-bond acceptors (Lipinski definition) is 6. The van der Waals surface area contributed by atoms with E-state index in [-0.39, 0.29) is 19.0 Å². The third-order valence-electron chi connectivity index (χ3n) is 4.71. The fraction of sp³-hybridized carbons (Fsp3) is 0.286. The molecule has 0 aliphatic rings. The minimum atomic E-state index is -3.65. The molecular weight excluding hydrogens is 404 g/mol. The molecule has 1 N–H and O–H groups in total. The number of benzene rings is 2. The molecule has 3 aromatic rings. The van der Waals surface area contributed by atoms with Gasteiger partial charge in [0.05, 0.1) is 18.5 Å². The maximum atomic E-state index is 12.5. The molecule has 0 aliphatic carbocycles. The molecule has 0 fully saturated rings. The van der Waals surface area contributed by atoms with Crippen LogP contribution in [0.4, 0.5) is 5.69 Å². The van der Waals surface area contributed by atoms with Gasteiger partial charge in [-0.1, -0.05) is 41.1 Å². The zero-order valence-electron chi connectivity index (χ0n) is 17.3. The Morgan fingerprint density at radius 1 is 1.13 bits per heavy atom. The summed E-state index contributed by atoms with van der Waals surface area (Å²) in [5.74, 6) is 0.185. The topological polar surface area (TPSA) is 105 Å². The van der Waals surface area contributed by atoms with E-state index in [0.29, 0.717) is 11.5 Å². The summed E-state index contributed by atoms with van der Waals surface area (Å²) in [5, 5.41) is 6.57. The number of nitrogens with zero attached hydrogens (tertiary/aromatic N) is 3. The van der Waals surface area contributed by atoms with E-state index in [0.717, 1.165) is 32.8 Å². The Hall–Kier alpha value is -3.20. The van der Waals surface area contributed by atoms with Crippen molar-refractivity contribution in [2.45, 2.75) is 27.3 Å². The molecule has 8 nitrogen and oxygen atoms in total. The number of hydrogen-bond donors (Lipinski definition) is 1. The average Bonchev–Trinajstić information content (AvgIpc) is 3.15. The second-order valence-corrected chi connectivity index (χ2v) is 9.05. The average molecular weight is 429 g/mol. The van der Waals surface area contributed by atoms with Gasteiger partial charge in [-0.3, -0.25) is 9.10 Å². The summed E-state index contributed by atoms with van der Waals surface area (Å²) in [6, 6.07) is 13.0. The Kier molecular flexibility index (Phi) is 6.21. The molecule has 0 aliphatic heterocycles. The Bertz CT molecular complexity index is 1170. The number of anilines is 1. The Morgan fingerprint density at radius 3 is 2.57 bits per heavy atom. The molecule has 0 spiro atoms. The predicted molar refractivity (Wildman–Crippen MR) is 114 cm³/mol. The highest BCUT2D eigenvalue weighted by atomic mass is 32.2. The van der Waals surface area contributed by atoms with Gasteiger partial charge in [0.1, 0.15) is 6.54 Å². The molecule has 0 unspecified atom stereocenters. The third kappa shape index (κ3) is 5.04. The van der Waals surface area contributed by atoms with Crippen LogP contribution in [0.25, 0.3) is 11.4 Å². The van der Waals surface area contributed by atoms with Crippen LogP contribution in [0.5, 0.6) is 0 Å². The molecule has 0 saturated heterocycles. The van der Waals surface area contributed by atoms with Crippen LogP contribution in [0.15, 0.2) is 47.0 Å². The van der Waals surface area contributed by atoms with Gasteiger partial charge in [-0.25, -0.2) is 8.42 Å². The van der Waals surface area contributed by atoms with Crippen molar-refractivity contribution >= 4 is 21.6 Å². The van der Waals surface area contributed by atoms with E-state index >= 15 is 0 Å². The van der Waals surface area contributed by atoms with Crippen LogP contribution in [0.3, 0.4) is 0 Å². The highest BCUT2D eigenvalue weighted by molar-refractivity contribution is 7.92. The zero-order valence-corrected chi connectivity index (χ0v) is 18.2. The van der Waals surface area contributed by atoms with E-state index in [1.807, 2.05) is 51.1 Å². The molecule has 0 radical (unpaired) electrons. The van der Waals surface area contributed by atoms with Gasteiger partial charge >= 0.3 is 0 Å². The second kappa shape index (κ2) is 8.66. The molecular formula is C21H24N4O4S. The number of amides is 1. The largest absolute Gasteiger partial charge is 0.345 e. The monoisotopic (exact) mass is 428 g/mol. The van der Waals surface area contributed by atoms with Crippen molar-refractivity contribution in [1.29, 1.82) is 0 Å². The van der Waals surface area contributed by atoms with Gasteiger partial charge in [0.25, 0.3) is 0 Å². The van der Waals surface area contributed by atoms with Gasteiger partial charge < -0.3 is 9.84 Å². The van der Waals surface area contributed by atoms with Crippen LogP contribution in [-0.2, 0) is 21.4 Å². The molecule has 0 atom stereocenters. The summed E-state index contributed by atoms with van der Waals surface area (Å²) in [6.45, 7) is 5.34. The molecule has 3 rings (SSSR count). The van der Waals surface area contributed by atoms with Gasteiger partial charge in [0.2, 0.25) is 27.6 Å². The van der Waals surface area contributed by atoms with Gasteiger partial charge in [0.15, 0.2) is 0 Å². The lowest BCUT2D eigenvalue weighted by molar-refractivity contribution is -0.119. The van der Waals surface area contributed by atoms with Crippen LogP contribution in [-0.4, -0.2) is 37.3 Å². The molecule has 1 amide bonds. The predicted octanol–water partition coefficient (Wildman–Crippen LogP) is 2.74. The van der Waals surface area contributed by atoms with E-state index in [1.165, 1.54) is 0 Å². The lowest BCUT2D eigenvalue weighted by Crippen LogP contribution is -2.40. The number of nitrogens with one attached hydrogen (secondary N) is 1. The number of aromatic nitrogens is 2. The first-order valence-electron chi connectivity index (χ1n) is 9.35. The smallest absolute Gasteiger partial charge is 0.246 e. The number of carbonyl (C=O) groups is 1. The minimum absolute atomic E-state index is 0.00203. The quantitative estimate of drug-likeness (QED) is 0.620. The van der Waals surface area contributed by atoms with E-state index in [9.17, 15) is 13.2 Å². The maximum absolute atomic E-state index is 12.5. The highest BCUT2D eigenvalue weighted by Gasteiger charge is 2.23. The maximum Gasteiger partial charge on any atom is 0.246 e. The third-order valence-corrected chi connectivity index (χ3v) is 5.84. The summed E-state index contributed by atoms with van der Waals surface area (Å²) < 4.78 is 30.9. The molecule has 1 heterocycles. The van der Waals surface area contributed by atoms with E-state index in [1.54, 1.807) is 12.1 Å². The molecule has 9 heteroatoms. The molecule has 2 aromatic carbocycles. The van der Waals surface area contributed by atoms with E-state index in [2.05, 4.69) is 15.5 Å². The van der Waals surface area contributed by atoms with Crippen LogP contribution >= 0.6 is 0 Å². The van der Waals surface area contributed by atoms with Crippen molar-refractivity contribution in [2.75, 3.05) is 17.1 Å². The summed E-state index contributed by atoms with van der Waals surface area (Å²) >= 11 is 0. The fourth-order valence-electron chi connectivity index (χ4n) is 2.98. The number of sulfonamides is 1. The summed E-state index contributed by atoms with van der Waals surface area (Å²) in [6.07, 6.45) is 1.08. The van der Waals surface area contributed by atoms with Crippen molar-refractivity contribution in [2.24, 2.45) is 0 Å². The summed E-state index contributed by atoms with van der Waals surface area (Å²) in [4.78, 5) is 16.7. The molecule has 158 valence electrons. The minimum Gasteiger partial charge on any atom is -0.345 e. The van der Waals surface area contributed by atoms with Crippen LogP contribution in [0.2, 0.25) is 0 Å². The Balaban J connectivity index is 1.69. The first-order chi connectivity index (χ1) is 14.1. The number of aryl methyl sites for hydroxylation is 2. The van der Waals surface area contributed by atoms with E-state index < -0.39 is 15.9 Å². The first-order valence-corrected chi connectivity index (χ1v) is 11.2. The van der Waals surface area contributed by atoms with Gasteiger partial charge in [0, 0.05) is 5.56 Å². The summed E-state index contributed by atoms with van der Waals surface area (Å²) in [7, 11) is -3.65. The zero-order chi connectivity index (χ0) is 21.9. The van der Waals surface area contributed by atoms with Crippen molar-refractivity contribution in [3.05, 3.63) is 65.0 Å². The lowest BCUT2D eigenvalue weighted by Gasteiger charge is -2.24. The van der Waals surface area contributed by atoms with Crippen LogP contribution in [0.1, 0.15) is 22.6 Å². The second-order valence-electron chi connectivity index (χ2n) is 7.15. The van der Waals surface area contributed by atoms with Gasteiger partial charge in [-0.15, -0.1) is 0 Å². The SMILES string of the molecule is Cc1cccc(-c2noc(CNC(=O)CN(c3cccc(C)c3C)S(C)(=O)=O)n2)c1. The normalized spacial score (nSPS) is 11.3. The fourth-order valence-corrected chi connectivity index (χ4v) is 3.88. The molecule has 1 aromatic heterocycles. The van der Waals surface area contributed by atoms with Crippen molar-refractivity contribution in [3.8, 4) is 11.4 Å². The van der Waals surface area contributed by atoms with Crippen molar-refractivity contribution in [3.63, 3.8) is 0 Å². The van der Waals surface area contributed by atoms with E-state index in [4.69, 9.17) is 4.52 Å². The Labute approximate surface area is 176 Å². The van der Waals surface area contributed by atoms with Crippen LogP contribution < -0.4 is 9.62 Å². The van der Waals surface area contributed by atoms with Crippen molar-refractivity contribution < 1.29 is 17.7 Å². The summed E-state index contributed by atoms with van der Waals surface area (Å²) in [5.41, 5.74) is 4.10. The standard InChI is InChI=1S/C21H24N4O4S/c1-14-7-5-9-17(11-14)21-23-20(29-24-21)12-22-19(26)13-25(30(4,27)28)18-10-6-8-15(2)16(18)3/h5-11H,12-13H2,1-4H3,(H,22,26). The van der Waals surface area contributed by atoms with Crippen molar-refractivity contribution in [1.82, 2.24) is 15.5 Å². The Morgan fingerprint density at radius 2 is 1.87 bits per heavy atom. The van der Waals surface area contributed by atoms with Gasteiger partial charge in [-0.2, -0.15) is 4.98 Å².